The Morgan fingerprint density at radius 3 is 2.61 bits per heavy atom. The van der Waals surface area contributed by atoms with Crippen molar-refractivity contribution in [3.63, 3.8) is 0 Å². The van der Waals surface area contributed by atoms with Gasteiger partial charge in [0.15, 0.2) is 0 Å². The third-order valence-electron chi connectivity index (χ3n) is 9.76. The monoisotopic (exact) mass is 814 g/mol. The Balaban J connectivity index is 0.882. The average molecular weight is 815 g/mol. The van der Waals surface area contributed by atoms with Crippen molar-refractivity contribution < 1.29 is 37.9 Å². The molecule has 0 bridgehead atoms. The fourth-order valence-electron chi connectivity index (χ4n) is 6.83. The number of nitrogens with zero attached hydrogens (tertiary/aromatic N) is 5. The smallest absolute Gasteiger partial charge is 0.263 e. The van der Waals surface area contributed by atoms with E-state index in [1.807, 2.05) is 0 Å². The number of piperidine rings is 1. The lowest BCUT2D eigenvalue weighted by Gasteiger charge is -2.34. The molecule has 0 radical (unpaired) electrons. The van der Waals surface area contributed by atoms with Crippen LogP contribution in [0.15, 0.2) is 71.9 Å². The standard InChI is InChI=1S/C39H36ClFN8O7S/c1-56-30-20-27-24(36(43-21-42-27)44-22-7-8-26(41)25(40)18-22)19-28(30)45-32(50)6-3-12-47-13-15-48(16-14-47)34(52)11-17-57-31-5-2-4-23-35(31)39(55)49(38(23)54)29-9-10-33(51)46-37(29)53/h2-8,18-21,29H,9-17H2,1H3,(H,45,50)(H,42,43,44)(H,46,51,53)/b6-3+. The van der Waals surface area contributed by atoms with Crippen molar-refractivity contribution in [1.82, 2.24) is 30.0 Å². The number of anilines is 3. The number of benzene rings is 3. The van der Waals surface area contributed by atoms with Crippen molar-refractivity contribution in [3.8, 4) is 5.75 Å². The maximum Gasteiger partial charge on any atom is 0.263 e. The summed E-state index contributed by atoms with van der Waals surface area (Å²) in [7, 11) is 1.48. The molecule has 2 fully saturated rings. The van der Waals surface area contributed by atoms with E-state index in [-0.39, 0.29) is 47.2 Å². The van der Waals surface area contributed by atoms with Gasteiger partial charge in [0, 0.05) is 79.4 Å². The molecule has 4 heterocycles. The molecule has 3 aromatic carbocycles. The SMILES string of the molecule is COc1cc2ncnc(Nc3ccc(F)c(Cl)c3)c2cc1NC(=O)/C=C/CN1CCN(C(=O)CCSc2cccc3c2C(=O)N(C2CCC(=O)NC2=O)C3=O)CC1. The number of nitrogens with one attached hydrogen (secondary N) is 3. The largest absolute Gasteiger partial charge is 0.494 e. The minimum absolute atomic E-state index is 0.0354. The summed E-state index contributed by atoms with van der Waals surface area (Å²) in [5, 5.41) is 8.69. The number of carbonyl (C=O) groups is 6. The Hall–Kier alpha value is -5.91. The first kappa shape index (κ1) is 39.3. The van der Waals surface area contributed by atoms with Gasteiger partial charge in [0.1, 0.15) is 29.8 Å². The highest BCUT2D eigenvalue weighted by molar-refractivity contribution is 7.99. The van der Waals surface area contributed by atoms with Crippen LogP contribution in [-0.4, -0.2) is 112 Å². The molecule has 15 nitrogen and oxygen atoms in total. The Labute approximate surface area is 334 Å². The highest BCUT2D eigenvalue weighted by atomic mass is 35.5. The second-order valence-corrected chi connectivity index (χ2v) is 14.9. The average Bonchev–Trinajstić information content (AvgIpc) is 3.45. The van der Waals surface area contributed by atoms with Gasteiger partial charge in [-0.3, -0.25) is 43.9 Å². The van der Waals surface area contributed by atoms with Crippen molar-refractivity contribution in [2.75, 3.05) is 56.2 Å². The second-order valence-electron chi connectivity index (χ2n) is 13.3. The number of piperazine rings is 1. The molecule has 18 heteroatoms. The zero-order chi connectivity index (χ0) is 40.2. The lowest BCUT2D eigenvalue weighted by Crippen LogP contribution is -2.54. The van der Waals surface area contributed by atoms with Crippen LogP contribution in [0.3, 0.4) is 0 Å². The van der Waals surface area contributed by atoms with Crippen molar-refractivity contribution >= 4 is 86.9 Å². The van der Waals surface area contributed by atoms with E-state index in [1.54, 1.807) is 41.3 Å². The first-order valence-electron chi connectivity index (χ1n) is 18.0. The number of hydrogen-bond donors (Lipinski definition) is 3. The van der Waals surface area contributed by atoms with Crippen molar-refractivity contribution in [3.05, 3.63) is 89.0 Å². The molecule has 294 valence electrons. The number of thioether (sulfide) groups is 1. The van der Waals surface area contributed by atoms with E-state index in [0.717, 1.165) is 4.90 Å². The number of amides is 6. The lowest BCUT2D eigenvalue weighted by molar-refractivity contribution is -0.136. The number of rotatable bonds is 12. The molecule has 1 atom stereocenters. The molecule has 7 rings (SSSR count). The summed E-state index contributed by atoms with van der Waals surface area (Å²) in [6.45, 7) is 2.72. The van der Waals surface area contributed by atoms with Gasteiger partial charge in [-0.15, -0.1) is 11.8 Å². The van der Waals surface area contributed by atoms with Crippen molar-refractivity contribution in [2.45, 2.75) is 30.2 Å². The molecule has 0 spiro atoms. The van der Waals surface area contributed by atoms with Gasteiger partial charge < -0.3 is 20.3 Å². The third-order valence-corrected chi connectivity index (χ3v) is 11.1. The van der Waals surface area contributed by atoms with Crippen LogP contribution < -0.4 is 20.7 Å². The maximum atomic E-state index is 13.7. The van der Waals surface area contributed by atoms with Crippen LogP contribution >= 0.6 is 23.4 Å². The van der Waals surface area contributed by atoms with Gasteiger partial charge in [0.25, 0.3) is 11.8 Å². The first-order chi connectivity index (χ1) is 27.5. The van der Waals surface area contributed by atoms with Crippen LogP contribution in [0, 0.1) is 5.82 Å². The summed E-state index contributed by atoms with van der Waals surface area (Å²) in [6, 6.07) is 11.4. The van der Waals surface area contributed by atoms with Crippen LogP contribution in [0.5, 0.6) is 5.75 Å². The van der Waals surface area contributed by atoms with E-state index in [0.29, 0.717) is 77.2 Å². The zero-order valence-corrected chi connectivity index (χ0v) is 32.1. The normalized spacial score (nSPS) is 17.3. The van der Waals surface area contributed by atoms with Crippen LogP contribution in [0.2, 0.25) is 5.02 Å². The number of carbonyl (C=O) groups excluding carboxylic acids is 6. The number of imide groups is 2. The molecule has 2 saturated heterocycles. The summed E-state index contributed by atoms with van der Waals surface area (Å²) >= 11 is 7.24. The molecule has 0 aliphatic carbocycles. The summed E-state index contributed by atoms with van der Waals surface area (Å²) in [5.74, 6) is -2.03. The molecule has 3 N–H and O–H groups in total. The molecule has 3 aliphatic rings. The molecule has 0 saturated carbocycles. The molecule has 1 aromatic heterocycles. The second kappa shape index (κ2) is 17.1. The van der Waals surface area contributed by atoms with Gasteiger partial charge in [0.05, 0.1) is 34.5 Å². The van der Waals surface area contributed by atoms with Crippen LogP contribution in [-0.2, 0) is 19.2 Å². The van der Waals surface area contributed by atoms with E-state index in [2.05, 4.69) is 30.8 Å². The van der Waals surface area contributed by atoms with Crippen molar-refractivity contribution in [2.24, 2.45) is 0 Å². The van der Waals surface area contributed by atoms with E-state index in [4.69, 9.17) is 16.3 Å². The zero-order valence-electron chi connectivity index (χ0n) is 30.6. The van der Waals surface area contributed by atoms with Gasteiger partial charge in [-0.2, -0.15) is 0 Å². The van der Waals surface area contributed by atoms with Crippen LogP contribution in [0.1, 0.15) is 40.0 Å². The molecule has 4 aromatic rings. The highest BCUT2D eigenvalue weighted by Crippen LogP contribution is 2.36. The highest BCUT2D eigenvalue weighted by Gasteiger charge is 2.45. The molecule has 57 heavy (non-hydrogen) atoms. The summed E-state index contributed by atoms with van der Waals surface area (Å²) < 4.78 is 19.2. The molecular formula is C39H36ClFN8O7S. The molecule has 6 amide bonds. The van der Waals surface area contributed by atoms with Gasteiger partial charge in [-0.25, -0.2) is 14.4 Å². The number of aromatic nitrogens is 2. The minimum atomic E-state index is -1.05. The van der Waals surface area contributed by atoms with E-state index >= 15 is 0 Å². The van der Waals surface area contributed by atoms with E-state index in [9.17, 15) is 33.2 Å². The topological polar surface area (TPSA) is 183 Å². The Bertz CT molecular complexity index is 2340. The van der Waals surface area contributed by atoms with Gasteiger partial charge in [-0.05, 0) is 42.8 Å². The van der Waals surface area contributed by atoms with E-state index in [1.165, 1.54) is 49.5 Å². The number of halogens is 2. The lowest BCUT2D eigenvalue weighted by atomic mass is 10.0. The Morgan fingerprint density at radius 1 is 1.05 bits per heavy atom. The Kier molecular flexibility index (Phi) is 11.8. The third kappa shape index (κ3) is 8.60. The quantitative estimate of drug-likeness (QED) is 0.104. The predicted octanol–water partition coefficient (Wildman–Crippen LogP) is 4.40. The van der Waals surface area contributed by atoms with Gasteiger partial charge in [0.2, 0.25) is 23.6 Å². The van der Waals surface area contributed by atoms with Crippen LogP contribution in [0.25, 0.3) is 10.9 Å². The maximum absolute atomic E-state index is 13.7. The summed E-state index contributed by atoms with van der Waals surface area (Å²) in [5.41, 5.74) is 1.87. The number of methoxy groups -OCH3 is 1. The van der Waals surface area contributed by atoms with Crippen LogP contribution in [0.4, 0.5) is 21.6 Å². The van der Waals surface area contributed by atoms with Gasteiger partial charge >= 0.3 is 0 Å². The fourth-order valence-corrected chi connectivity index (χ4v) is 8.03. The van der Waals surface area contributed by atoms with Crippen molar-refractivity contribution in [1.29, 1.82) is 0 Å². The molecule has 3 aliphatic heterocycles. The summed E-state index contributed by atoms with van der Waals surface area (Å²) in [6.07, 6.45) is 4.88. The number of hydrogen-bond acceptors (Lipinski definition) is 12. The predicted molar refractivity (Wildman–Crippen MR) is 210 cm³/mol. The first-order valence-corrected chi connectivity index (χ1v) is 19.4. The molecular weight excluding hydrogens is 779 g/mol. The number of fused-ring (bicyclic) bond motifs is 2. The number of ether oxygens (including phenoxy) is 1. The minimum Gasteiger partial charge on any atom is -0.494 e. The van der Waals surface area contributed by atoms with E-state index < -0.39 is 35.5 Å². The van der Waals surface area contributed by atoms with Gasteiger partial charge in [-0.1, -0.05) is 23.7 Å². The fraction of sp³-hybridized carbons (Fsp3) is 0.282. The summed E-state index contributed by atoms with van der Waals surface area (Å²) in [4.78, 5) is 90.6. The Morgan fingerprint density at radius 2 is 1.86 bits per heavy atom. The molecule has 1 unspecified atom stereocenters.